The number of nitriles is 1. The highest BCUT2D eigenvalue weighted by molar-refractivity contribution is 14.1. The Morgan fingerprint density at radius 2 is 1.73 bits per heavy atom. The van der Waals surface area contributed by atoms with Crippen LogP contribution in [0.5, 0.6) is 5.75 Å². The van der Waals surface area contributed by atoms with Gasteiger partial charge < -0.3 is 4.74 Å². The Bertz CT molecular complexity index is 1280. The van der Waals surface area contributed by atoms with E-state index < -0.39 is 0 Å². The highest BCUT2D eigenvalue weighted by Gasteiger charge is 2.08. The number of halogens is 2. The number of hydrogen-bond donors (Lipinski definition) is 0. The summed E-state index contributed by atoms with van der Waals surface area (Å²) in [6, 6.07) is 30.1. The van der Waals surface area contributed by atoms with Gasteiger partial charge in [0.1, 0.15) is 12.4 Å². The first-order chi connectivity index (χ1) is 14.7. The number of fused-ring (bicyclic) bond motifs is 1. The maximum absolute atomic E-state index is 9.58. The van der Waals surface area contributed by atoms with Crippen molar-refractivity contribution < 1.29 is 4.74 Å². The third-order valence-corrected chi connectivity index (χ3v) is 5.99. The van der Waals surface area contributed by atoms with E-state index in [1.54, 1.807) is 6.07 Å². The van der Waals surface area contributed by atoms with Crippen molar-refractivity contribution in [2.75, 3.05) is 0 Å². The monoisotopic (exact) mass is 521 g/mol. The van der Waals surface area contributed by atoms with E-state index in [2.05, 4.69) is 59.0 Å². The van der Waals surface area contributed by atoms with Gasteiger partial charge in [-0.2, -0.15) is 5.26 Å². The van der Waals surface area contributed by atoms with Gasteiger partial charge in [-0.1, -0.05) is 78.3 Å². The van der Waals surface area contributed by atoms with Crippen LogP contribution in [0.15, 0.2) is 84.9 Å². The smallest absolute Gasteiger partial charge is 0.133 e. The summed E-state index contributed by atoms with van der Waals surface area (Å²) in [5, 5.41) is 12.6. The van der Waals surface area contributed by atoms with Gasteiger partial charge >= 0.3 is 0 Å². The second-order valence-corrected chi connectivity index (χ2v) is 8.34. The van der Waals surface area contributed by atoms with Gasteiger partial charge in [0.2, 0.25) is 0 Å². The van der Waals surface area contributed by atoms with Gasteiger partial charge in [0.15, 0.2) is 0 Å². The average Bonchev–Trinajstić information content (AvgIpc) is 2.77. The predicted molar refractivity (Wildman–Crippen MR) is 132 cm³/mol. The molecule has 0 amide bonds. The second kappa shape index (κ2) is 9.34. The van der Waals surface area contributed by atoms with Crippen molar-refractivity contribution in [2.45, 2.75) is 6.61 Å². The Morgan fingerprint density at radius 3 is 2.53 bits per heavy atom. The first-order valence-corrected chi connectivity index (χ1v) is 10.9. The maximum atomic E-state index is 9.58. The summed E-state index contributed by atoms with van der Waals surface area (Å²) < 4.78 is 7.09. The number of allylic oxidation sites excluding steroid dienone is 1. The third kappa shape index (κ3) is 4.51. The zero-order chi connectivity index (χ0) is 20.9. The minimum absolute atomic E-state index is 0.496. The molecule has 30 heavy (non-hydrogen) atoms. The van der Waals surface area contributed by atoms with Crippen molar-refractivity contribution in [3.05, 3.63) is 110 Å². The molecule has 0 saturated heterocycles. The zero-order valence-electron chi connectivity index (χ0n) is 16.0. The fourth-order valence-electron chi connectivity index (χ4n) is 3.31. The lowest BCUT2D eigenvalue weighted by molar-refractivity contribution is 0.305. The van der Waals surface area contributed by atoms with Crippen LogP contribution in [0.2, 0.25) is 5.02 Å². The van der Waals surface area contributed by atoms with Crippen LogP contribution >= 0.6 is 34.2 Å². The molecule has 0 saturated carbocycles. The number of hydrogen-bond acceptors (Lipinski definition) is 2. The molecule has 4 rings (SSSR count). The molecule has 0 N–H and O–H groups in total. The van der Waals surface area contributed by atoms with E-state index in [9.17, 15) is 5.26 Å². The van der Waals surface area contributed by atoms with Gasteiger partial charge in [-0.15, -0.1) is 0 Å². The van der Waals surface area contributed by atoms with Gasteiger partial charge in [-0.05, 0) is 68.8 Å². The molecule has 0 spiro atoms. The Balaban J connectivity index is 1.56. The summed E-state index contributed by atoms with van der Waals surface area (Å²) in [7, 11) is 0. The molecule has 0 fully saturated rings. The molecule has 0 aliphatic rings. The summed E-state index contributed by atoms with van der Waals surface area (Å²) in [6.45, 7) is 0.496. The molecule has 4 heteroatoms. The molecule has 0 aliphatic carbocycles. The molecule has 4 aromatic rings. The van der Waals surface area contributed by atoms with Crippen LogP contribution in [0.3, 0.4) is 0 Å². The van der Waals surface area contributed by atoms with Crippen molar-refractivity contribution in [3.8, 4) is 11.8 Å². The zero-order valence-corrected chi connectivity index (χ0v) is 18.9. The summed E-state index contributed by atoms with van der Waals surface area (Å²) >= 11 is 8.51. The number of rotatable bonds is 5. The lowest BCUT2D eigenvalue weighted by Gasteiger charge is -2.11. The number of benzene rings is 4. The molecule has 0 aromatic heterocycles. The fourth-order valence-corrected chi connectivity index (χ4v) is 4.25. The first-order valence-electron chi connectivity index (χ1n) is 9.41. The molecule has 0 bridgehead atoms. The minimum atomic E-state index is 0.496. The third-order valence-electron chi connectivity index (χ3n) is 4.81. The van der Waals surface area contributed by atoms with Crippen LogP contribution in [0.1, 0.15) is 16.7 Å². The molecule has 2 nitrogen and oxygen atoms in total. The second-order valence-electron chi connectivity index (χ2n) is 6.77. The molecular weight excluding hydrogens is 505 g/mol. The van der Waals surface area contributed by atoms with Crippen LogP contribution < -0.4 is 4.74 Å². The molecule has 0 atom stereocenters. The Labute approximate surface area is 194 Å². The van der Waals surface area contributed by atoms with E-state index >= 15 is 0 Å². The van der Waals surface area contributed by atoms with E-state index in [4.69, 9.17) is 16.3 Å². The summed E-state index contributed by atoms with van der Waals surface area (Å²) in [5.41, 5.74) is 3.33. The maximum Gasteiger partial charge on any atom is 0.133 e. The Morgan fingerprint density at radius 1 is 0.967 bits per heavy atom. The Hall–Kier alpha value is -2.81. The summed E-state index contributed by atoms with van der Waals surface area (Å²) in [6.07, 6.45) is 1.85. The predicted octanol–water partition coefficient (Wildman–Crippen LogP) is 7.74. The van der Waals surface area contributed by atoms with Crippen LogP contribution in [0, 0.1) is 14.9 Å². The van der Waals surface area contributed by atoms with Crippen molar-refractivity contribution in [1.29, 1.82) is 5.26 Å². The lowest BCUT2D eigenvalue weighted by atomic mass is 10.0. The highest BCUT2D eigenvalue weighted by atomic mass is 127. The minimum Gasteiger partial charge on any atom is -0.488 e. The number of ether oxygens (including phenoxy) is 1. The quantitative estimate of drug-likeness (QED) is 0.153. The van der Waals surface area contributed by atoms with Crippen molar-refractivity contribution in [2.24, 2.45) is 0 Å². The summed E-state index contributed by atoms with van der Waals surface area (Å²) in [5.74, 6) is 0.817. The molecule has 0 radical (unpaired) electrons. The molecule has 0 aliphatic heterocycles. The van der Waals surface area contributed by atoms with Gasteiger partial charge in [0, 0.05) is 10.6 Å². The standard InChI is InChI=1S/C26H17ClINO/c27-24-11-4-3-10-23(24)21(16-29)14-18-12-13-26(25(28)15-18)30-17-20-8-5-7-19-6-1-2-9-22(19)20/h1-15H,17H2. The van der Waals surface area contributed by atoms with Gasteiger partial charge in [-0.25, -0.2) is 0 Å². The highest BCUT2D eigenvalue weighted by Crippen LogP contribution is 2.29. The molecule has 146 valence electrons. The summed E-state index contributed by atoms with van der Waals surface area (Å²) in [4.78, 5) is 0. The van der Waals surface area contributed by atoms with Crippen LogP contribution in [-0.4, -0.2) is 0 Å². The average molecular weight is 522 g/mol. The number of nitrogens with zero attached hydrogens (tertiary/aromatic N) is 1. The van der Waals surface area contributed by atoms with E-state index in [1.807, 2.05) is 54.6 Å². The lowest BCUT2D eigenvalue weighted by Crippen LogP contribution is -1.98. The van der Waals surface area contributed by atoms with Crippen molar-refractivity contribution in [1.82, 2.24) is 0 Å². The van der Waals surface area contributed by atoms with Crippen LogP contribution in [-0.2, 0) is 6.61 Å². The fraction of sp³-hybridized carbons (Fsp3) is 0.0385. The van der Waals surface area contributed by atoms with Crippen molar-refractivity contribution in [3.63, 3.8) is 0 Å². The molecular formula is C26H17ClINO. The largest absolute Gasteiger partial charge is 0.488 e. The van der Waals surface area contributed by atoms with E-state index in [-0.39, 0.29) is 0 Å². The SMILES string of the molecule is N#CC(=Cc1ccc(OCc2cccc3ccccc23)c(I)c1)c1ccccc1Cl. The van der Waals surface area contributed by atoms with Crippen LogP contribution in [0.4, 0.5) is 0 Å². The van der Waals surface area contributed by atoms with E-state index in [1.165, 1.54) is 10.8 Å². The molecule has 0 heterocycles. The van der Waals surface area contributed by atoms with Gasteiger partial charge in [0.25, 0.3) is 0 Å². The van der Waals surface area contributed by atoms with Gasteiger partial charge in [0.05, 0.1) is 15.2 Å². The van der Waals surface area contributed by atoms with E-state index in [0.717, 1.165) is 26.0 Å². The molecule has 0 unspecified atom stereocenters. The molecule has 4 aromatic carbocycles. The van der Waals surface area contributed by atoms with Crippen molar-refractivity contribution >= 4 is 56.6 Å². The normalized spacial score (nSPS) is 11.3. The van der Waals surface area contributed by atoms with E-state index in [0.29, 0.717) is 17.2 Å². The first kappa shape index (κ1) is 20.5. The van der Waals surface area contributed by atoms with Crippen LogP contribution in [0.25, 0.3) is 22.4 Å². The topological polar surface area (TPSA) is 33.0 Å². The van der Waals surface area contributed by atoms with Gasteiger partial charge in [-0.3, -0.25) is 0 Å². The Kier molecular flexibility index (Phi) is 6.37.